The summed E-state index contributed by atoms with van der Waals surface area (Å²) < 4.78 is 7.72. The molecule has 0 aliphatic carbocycles. The monoisotopic (exact) mass is 410 g/mol. The number of piperidine rings is 1. The number of rotatable bonds is 4. The minimum absolute atomic E-state index is 0.0247. The van der Waals surface area contributed by atoms with E-state index in [1.165, 1.54) is 17.0 Å². The molecule has 6 nitrogen and oxygen atoms in total. The van der Waals surface area contributed by atoms with Crippen LogP contribution in [0.25, 0.3) is 0 Å². The summed E-state index contributed by atoms with van der Waals surface area (Å²) in [6.07, 6.45) is 1.96. The number of imidazole rings is 1. The predicted molar refractivity (Wildman–Crippen MR) is 118 cm³/mol. The quantitative estimate of drug-likeness (QED) is 0.772. The van der Waals surface area contributed by atoms with E-state index in [4.69, 9.17) is 9.72 Å². The van der Waals surface area contributed by atoms with Gasteiger partial charge in [0.2, 0.25) is 5.91 Å². The molecular formula is C24H34N4O2. The number of ether oxygens (including phenoxy) is 1. The van der Waals surface area contributed by atoms with Gasteiger partial charge in [0.25, 0.3) is 0 Å². The Morgan fingerprint density at radius 3 is 2.43 bits per heavy atom. The number of methoxy groups -OCH3 is 1. The highest BCUT2D eigenvalue weighted by atomic mass is 16.5. The second-order valence-corrected chi connectivity index (χ2v) is 9.20. The van der Waals surface area contributed by atoms with Gasteiger partial charge in [0.05, 0.1) is 18.5 Å². The topological polar surface area (TPSA) is 50.6 Å². The summed E-state index contributed by atoms with van der Waals surface area (Å²) in [5.74, 6) is 2.18. The molecule has 162 valence electrons. The van der Waals surface area contributed by atoms with Crippen molar-refractivity contribution in [3.63, 3.8) is 0 Å². The van der Waals surface area contributed by atoms with Gasteiger partial charge in [-0.1, -0.05) is 12.1 Å². The van der Waals surface area contributed by atoms with E-state index < -0.39 is 0 Å². The van der Waals surface area contributed by atoms with E-state index in [9.17, 15) is 4.79 Å². The molecule has 4 rings (SSSR count). The van der Waals surface area contributed by atoms with E-state index in [-0.39, 0.29) is 11.3 Å². The molecule has 1 aromatic carbocycles. The Balaban J connectivity index is 1.66. The summed E-state index contributed by atoms with van der Waals surface area (Å²) in [4.78, 5) is 21.6. The third-order valence-corrected chi connectivity index (χ3v) is 6.84. The number of carbonyl (C=O) groups is 1. The first kappa shape index (κ1) is 20.9. The van der Waals surface area contributed by atoms with E-state index in [1.54, 1.807) is 14.0 Å². The van der Waals surface area contributed by atoms with E-state index in [2.05, 4.69) is 42.4 Å². The lowest BCUT2D eigenvalue weighted by atomic mass is 9.72. The van der Waals surface area contributed by atoms with Gasteiger partial charge in [0, 0.05) is 51.1 Å². The van der Waals surface area contributed by atoms with Gasteiger partial charge in [-0.05, 0) is 51.3 Å². The molecule has 3 heterocycles. The number of nitrogens with zero attached hydrogens (tertiary/aromatic N) is 4. The summed E-state index contributed by atoms with van der Waals surface area (Å²) in [5.41, 5.74) is 3.96. The number of likely N-dealkylation sites (tertiary alicyclic amines) is 1. The molecule has 2 aliphatic heterocycles. The molecule has 2 aromatic rings. The summed E-state index contributed by atoms with van der Waals surface area (Å²) in [7, 11) is 1.70. The lowest BCUT2D eigenvalue weighted by Crippen LogP contribution is -2.52. The van der Waals surface area contributed by atoms with Crippen LogP contribution in [0.15, 0.2) is 24.3 Å². The van der Waals surface area contributed by atoms with Crippen LogP contribution in [-0.4, -0.2) is 52.0 Å². The SMILES string of the molecule is COc1ccc(CN2Cc3c(nc(C)n3C(C)C)C3(CCN(C(C)=O)CC3)C2)cc1. The van der Waals surface area contributed by atoms with Crippen molar-refractivity contribution in [1.82, 2.24) is 19.4 Å². The molecule has 0 atom stereocenters. The number of aryl methyl sites for hydroxylation is 1. The molecule has 1 fully saturated rings. The zero-order chi connectivity index (χ0) is 21.5. The molecule has 0 saturated carbocycles. The van der Waals surface area contributed by atoms with E-state index in [1.807, 2.05) is 17.0 Å². The Morgan fingerprint density at radius 1 is 1.20 bits per heavy atom. The molecule has 1 saturated heterocycles. The number of fused-ring (bicyclic) bond motifs is 2. The summed E-state index contributed by atoms with van der Waals surface area (Å²) >= 11 is 0. The molecule has 1 aromatic heterocycles. The molecule has 30 heavy (non-hydrogen) atoms. The second kappa shape index (κ2) is 8.06. The molecule has 1 spiro atoms. The fourth-order valence-electron chi connectivity index (χ4n) is 5.37. The van der Waals surface area contributed by atoms with Crippen molar-refractivity contribution < 1.29 is 9.53 Å². The van der Waals surface area contributed by atoms with Crippen LogP contribution >= 0.6 is 0 Å². The Bertz CT molecular complexity index is 908. The molecule has 1 amide bonds. The van der Waals surface area contributed by atoms with Crippen LogP contribution in [0.1, 0.15) is 62.4 Å². The second-order valence-electron chi connectivity index (χ2n) is 9.20. The van der Waals surface area contributed by atoms with Crippen LogP contribution in [0, 0.1) is 6.92 Å². The molecule has 0 N–H and O–H groups in total. The van der Waals surface area contributed by atoms with E-state index >= 15 is 0 Å². The number of benzene rings is 1. The maximum Gasteiger partial charge on any atom is 0.219 e. The fourth-order valence-corrected chi connectivity index (χ4v) is 5.37. The zero-order valence-electron chi connectivity index (χ0n) is 18.9. The van der Waals surface area contributed by atoms with E-state index in [0.717, 1.165) is 57.1 Å². The maximum absolute atomic E-state index is 11.9. The van der Waals surface area contributed by atoms with Crippen LogP contribution in [0.5, 0.6) is 5.75 Å². The third-order valence-electron chi connectivity index (χ3n) is 6.84. The van der Waals surface area contributed by atoms with Crippen molar-refractivity contribution >= 4 is 5.91 Å². The van der Waals surface area contributed by atoms with Gasteiger partial charge >= 0.3 is 0 Å². The summed E-state index contributed by atoms with van der Waals surface area (Å²) in [5, 5.41) is 0. The first-order valence-electron chi connectivity index (χ1n) is 11.0. The van der Waals surface area contributed by atoms with Crippen molar-refractivity contribution in [3.8, 4) is 5.75 Å². The first-order valence-corrected chi connectivity index (χ1v) is 11.0. The highest BCUT2D eigenvalue weighted by molar-refractivity contribution is 5.73. The number of hydrogen-bond acceptors (Lipinski definition) is 4. The molecule has 0 bridgehead atoms. The number of hydrogen-bond donors (Lipinski definition) is 0. The smallest absolute Gasteiger partial charge is 0.219 e. The van der Waals surface area contributed by atoms with Crippen molar-refractivity contribution in [2.75, 3.05) is 26.7 Å². The Labute approximate surface area is 179 Å². The molecule has 0 radical (unpaired) electrons. The van der Waals surface area contributed by atoms with Gasteiger partial charge in [-0.3, -0.25) is 9.69 Å². The predicted octanol–water partition coefficient (Wildman–Crippen LogP) is 3.68. The lowest BCUT2D eigenvalue weighted by Gasteiger charge is -2.47. The molecule has 2 aliphatic rings. The van der Waals surface area contributed by atoms with Crippen LogP contribution in [0.2, 0.25) is 0 Å². The highest BCUT2D eigenvalue weighted by Crippen LogP contribution is 2.42. The standard InChI is InChI=1S/C24H34N4O2/c1-17(2)28-18(3)25-23-22(28)15-26(14-20-6-8-21(30-5)9-7-20)16-24(23)10-12-27(13-11-24)19(4)29/h6-9,17H,10-16H2,1-5H3. The molecule has 0 unspecified atom stereocenters. The van der Waals surface area contributed by atoms with E-state index in [0.29, 0.717) is 6.04 Å². The molecular weight excluding hydrogens is 376 g/mol. The largest absolute Gasteiger partial charge is 0.497 e. The number of aromatic nitrogens is 2. The van der Waals surface area contributed by atoms with Crippen LogP contribution in [-0.2, 0) is 23.3 Å². The van der Waals surface area contributed by atoms with Gasteiger partial charge in [0.15, 0.2) is 0 Å². The number of amides is 1. The van der Waals surface area contributed by atoms with Gasteiger partial charge in [0.1, 0.15) is 11.6 Å². The Morgan fingerprint density at radius 2 is 1.87 bits per heavy atom. The van der Waals surface area contributed by atoms with Crippen LogP contribution in [0.4, 0.5) is 0 Å². The maximum atomic E-state index is 11.9. The lowest BCUT2D eigenvalue weighted by molar-refractivity contribution is -0.130. The first-order chi connectivity index (χ1) is 14.3. The van der Waals surface area contributed by atoms with Crippen LogP contribution < -0.4 is 4.74 Å². The zero-order valence-corrected chi connectivity index (χ0v) is 18.9. The fraction of sp³-hybridized carbons (Fsp3) is 0.583. The third kappa shape index (κ3) is 3.73. The summed E-state index contributed by atoms with van der Waals surface area (Å²) in [6.45, 7) is 12.7. The number of carbonyl (C=O) groups excluding carboxylic acids is 1. The average molecular weight is 411 g/mol. The van der Waals surface area contributed by atoms with Crippen molar-refractivity contribution in [2.24, 2.45) is 0 Å². The Hall–Kier alpha value is -2.34. The average Bonchev–Trinajstić information content (AvgIpc) is 3.06. The Kier molecular flexibility index (Phi) is 5.62. The van der Waals surface area contributed by atoms with Crippen molar-refractivity contribution in [1.29, 1.82) is 0 Å². The van der Waals surface area contributed by atoms with Crippen molar-refractivity contribution in [2.45, 2.75) is 65.1 Å². The molecule has 6 heteroatoms. The minimum atomic E-state index is 0.0247. The van der Waals surface area contributed by atoms with Gasteiger partial charge < -0.3 is 14.2 Å². The van der Waals surface area contributed by atoms with Crippen LogP contribution in [0.3, 0.4) is 0 Å². The highest BCUT2D eigenvalue weighted by Gasteiger charge is 2.45. The normalized spacial score (nSPS) is 18.7. The minimum Gasteiger partial charge on any atom is -0.497 e. The summed E-state index contributed by atoms with van der Waals surface area (Å²) in [6, 6.07) is 8.77. The van der Waals surface area contributed by atoms with Gasteiger partial charge in [-0.25, -0.2) is 4.98 Å². The van der Waals surface area contributed by atoms with Gasteiger partial charge in [-0.2, -0.15) is 0 Å². The van der Waals surface area contributed by atoms with Gasteiger partial charge in [-0.15, -0.1) is 0 Å². The van der Waals surface area contributed by atoms with Crippen molar-refractivity contribution in [3.05, 3.63) is 47.0 Å².